The molecule has 0 atom stereocenters. The molecular weight excluding hydrogens is 462 g/mol. The van der Waals surface area contributed by atoms with Crippen LogP contribution >= 0.6 is 0 Å². The third-order valence-corrected chi connectivity index (χ3v) is 6.91. The third kappa shape index (κ3) is 6.15. The molecular formula is C31H31N3O3. The van der Waals surface area contributed by atoms with E-state index in [-0.39, 0.29) is 18.3 Å². The van der Waals surface area contributed by atoms with Crippen molar-refractivity contribution in [2.24, 2.45) is 5.92 Å². The minimum absolute atomic E-state index is 0.0133. The van der Waals surface area contributed by atoms with Crippen LogP contribution in [0.3, 0.4) is 0 Å². The maximum Gasteiger partial charge on any atom is 0.262 e. The van der Waals surface area contributed by atoms with Gasteiger partial charge in [0.05, 0.1) is 0 Å². The minimum Gasteiger partial charge on any atom is -0.481 e. The van der Waals surface area contributed by atoms with E-state index < -0.39 is 0 Å². The number of ketones is 1. The Bertz CT molecular complexity index is 1380. The number of aromatic nitrogens is 1. The van der Waals surface area contributed by atoms with Gasteiger partial charge in [-0.05, 0) is 80.1 Å². The van der Waals surface area contributed by atoms with Crippen LogP contribution in [0.2, 0.25) is 0 Å². The molecule has 0 aliphatic carbocycles. The topological polar surface area (TPSA) is 71.5 Å². The molecule has 1 saturated heterocycles. The van der Waals surface area contributed by atoms with Crippen LogP contribution in [0.4, 0.5) is 11.5 Å². The number of carbonyl (C=O) groups excluding carboxylic acids is 2. The molecule has 1 fully saturated rings. The minimum atomic E-state index is -0.274. The zero-order valence-electron chi connectivity index (χ0n) is 21.0. The number of Topliss-reactive ketones (excluding diaryl/α,β-unsaturated/α-hetero) is 1. The summed E-state index contributed by atoms with van der Waals surface area (Å²) >= 11 is 0. The number of hydrogen-bond donors (Lipinski definition) is 1. The van der Waals surface area contributed by atoms with Crippen molar-refractivity contribution in [1.82, 2.24) is 4.98 Å². The number of carbonyl (C=O) groups is 2. The third-order valence-electron chi connectivity index (χ3n) is 6.91. The van der Waals surface area contributed by atoms with Crippen molar-refractivity contribution in [1.29, 1.82) is 0 Å². The standard InChI is InChI=1S/C31H31N3O3/c1-22(35)25-10-13-27(14-11-25)32-30(36)21-37-28-9-5-8-26-12-15-29(33-31(26)28)34-18-16-24(17-19-34)20-23-6-3-2-4-7-23/h2-15,24H,16-21H2,1H3,(H,32,36). The second-order valence-electron chi connectivity index (χ2n) is 9.59. The Labute approximate surface area is 217 Å². The lowest BCUT2D eigenvalue weighted by Gasteiger charge is -2.33. The molecule has 0 unspecified atom stereocenters. The summed E-state index contributed by atoms with van der Waals surface area (Å²) in [7, 11) is 0. The van der Waals surface area contributed by atoms with Gasteiger partial charge in [0.2, 0.25) is 0 Å². The number of fused-ring (bicyclic) bond motifs is 1. The van der Waals surface area contributed by atoms with Crippen molar-refractivity contribution in [2.75, 3.05) is 29.9 Å². The Morgan fingerprint density at radius 2 is 1.68 bits per heavy atom. The van der Waals surface area contributed by atoms with Crippen LogP contribution in [0, 0.1) is 5.92 Å². The fraction of sp³-hybridized carbons (Fsp3) is 0.258. The van der Waals surface area contributed by atoms with E-state index in [2.05, 4.69) is 52.7 Å². The van der Waals surface area contributed by atoms with Gasteiger partial charge in [-0.15, -0.1) is 0 Å². The zero-order valence-corrected chi connectivity index (χ0v) is 21.0. The molecule has 3 aromatic carbocycles. The fourth-order valence-corrected chi connectivity index (χ4v) is 4.84. The highest BCUT2D eigenvalue weighted by Gasteiger charge is 2.21. The molecule has 2 heterocycles. The van der Waals surface area contributed by atoms with E-state index in [0.29, 0.717) is 22.9 Å². The average molecular weight is 494 g/mol. The molecule has 6 nitrogen and oxygen atoms in total. The second kappa shape index (κ2) is 11.2. The summed E-state index contributed by atoms with van der Waals surface area (Å²) in [6.45, 7) is 3.33. The first-order chi connectivity index (χ1) is 18.0. The molecule has 1 N–H and O–H groups in total. The van der Waals surface area contributed by atoms with Gasteiger partial charge in [-0.2, -0.15) is 0 Å². The quantitative estimate of drug-likeness (QED) is 0.309. The number of benzene rings is 3. The van der Waals surface area contributed by atoms with Crippen molar-refractivity contribution < 1.29 is 14.3 Å². The number of hydrogen-bond acceptors (Lipinski definition) is 5. The van der Waals surface area contributed by atoms with Crippen LogP contribution in [0.15, 0.2) is 84.9 Å². The number of amides is 1. The van der Waals surface area contributed by atoms with Crippen LogP contribution in [0.5, 0.6) is 5.75 Å². The second-order valence-corrected chi connectivity index (χ2v) is 9.59. The van der Waals surface area contributed by atoms with Gasteiger partial charge in [0.25, 0.3) is 5.91 Å². The van der Waals surface area contributed by atoms with E-state index in [0.717, 1.165) is 49.1 Å². The van der Waals surface area contributed by atoms with Crippen LogP contribution in [0.1, 0.15) is 35.7 Å². The lowest BCUT2D eigenvalue weighted by atomic mass is 9.90. The van der Waals surface area contributed by atoms with E-state index in [9.17, 15) is 9.59 Å². The van der Waals surface area contributed by atoms with E-state index in [1.807, 2.05) is 18.2 Å². The van der Waals surface area contributed by atoms with E-state index in [1.54, 1.807) is 24.3 Å². The van der Waals surface area contributed by atoms with Gasteiger partial charge >= 0.3 is 0 Å². The Morgan fingerprint density at radius 1 is 0.919 bits per heavy atom. The van der Waals surface area contributed by atoms with Gasteiger partial charge < -0.3 is 15.0 Å². The number of nitrogens with one attached hydrogen (secondary N) is 1. The Hall–Kier alpha value is -4.19. The number of ether oxygens (including phenoxy) is 1. The largest absolute Gasteiger partial charge is 0.481 e. The number of para-hydroxylation sites is 1. The van der Waals surface area contributed by atoms with E-state index >= 15 is 0 Å². The predicted octanol–water partition coefficient (Wildman–Crippen LogP) is 5.91. The molecule has 6 heteroatoms. The molecule has 4 aromatic rings. The molecule has 0 bridgehead atoms. The van der Waals surface area contributed by atoms with Crippen LogP contribution in [0.25, 0.3) is 10.9 Å². The highest BCUT2D eigenvalue weighted by atomic mass is 16.5. The normalized spacial score (nSPS) is 13.9. The average Bonchev–Trinajstić information content (AvgIpc) is 2.93. The first-order valence-electron chi connectivity index (χ1n) is 12.8. The summed E-state index contributed by atoms with van der Waals surface area (Å²) in [5.74, 6) is 1.93. The Balaban J connectivity index is 1.21. The molecule has 0 saturated carbocycles. The molecule has 1 amide bonds. The molecule has 1 aromatic heterocycles. The molecule has 1 aliphatic heterocycles. The summed E-state index contributed by atoms with van der Waals surface area (Å²) in [5, 5.41) is 3.78. The number of pyridine rings is 1. The van der Waals surface area contributed by atoms with Crippen molar-refractivity contribution in [3.8, 4) is 5.75 Å². The van der Waals surface area contributed by atoms with Gasteiger partial charge in [0, 0.05) is 29.7 Å². The van der Waals surface area contributed by atoms with Crippen molar-refractivity contribution in [3.63, 3.8) is 0 Å². The van der Waals surface area contributed by atoms with Crippen molar-refractivity contribution >= 4 is 34.1 Å². The molecule has 0 spiro atoms. The summed E-state index contributed by atoms with van der Waals surface area (Å²) < 4.78 is 5.89. The summed E-state index contributed by atoms with van der Waals surface area (Å²) in [4.78, 5) is 31.2. The summed E-state index contributed by atoms with van der Waals surface area (Å²) in [5.41, 5.74) is 3.38. The Morgan fingerprint density at radius 3 is 2.41 bits per heavy atom. The molecule has 37 heavy (non-hydrogen) atoms. The van der Waals surface area contributed by atoms with Crippen LogP contribution in [-0.2, 0) is 11.2 Å². The number of anilines is 2. The SMILES string of the molecule is CC(=O)c1ccc(NC(=O)COc2cccc3ccc(N4CCC(Cc5ccccc5)CC4)nc23)cc1. The lowest BCUT2D eigenvalue weighted by Crippen LogP contribution is -2.34. The van der Waals surface area contributed by atoms with Gasteiger partial charge in [0.1, 0.15) is 17.1 Å². The highest BCUT2D eigenvalue weighted by molar-refractivity contribution is 5.96. The van der Waals surface area contributed by atoms with Crippen molar-refractivity contribution in [2.45, 2.75) is 26.2 Å². The number of nitrogens with zero attached hydrogens (tertiary/aromatic N) is 2. The van der Waals surface area contributed by atoms with Gasteiger partial charge in [-0.1, -0.05) is 42.5 Å². The summed E-state index contributed by atoms with van der Waals surface area (Å²) in [6, 6.07) is 27.4. The maximum atomic E-state index is 12.5. The first kappa shape index (κ1) is 24.5. The van der Waals surface area contributed by atoms with Crippen LogP contribution < -0.4 is 15.0 Å². The molecule has 5 rings (SSSR count). The lowest BCUT2D eigenvalue weighted by molar-refractivity contribution is -0.118. The van der Waals surface area contributed by atoms with Crippen LogP contribution in [-0.4, -0.2) is 36.4 Å². The van der Waals surface area contributed by atoms with E-state index in [1.165, 1.54) is 12.5 Å². The first-order valence-corrected chi connectivity index (χ1v) is 12.8. The Kier molecular flexibility index (Phi) is 7.45. The van der Waals surface area contributed by atoms with Gasteiger partial charge in [0.15, 0.2) is 12.4 Å². The predicted molar refractivity (Wildman–Crippen MR) is 147 cm³/mol. The summed E-state index contributed by atoms with van der Waals surface area (Å²) in [6.07, 6.45) is 3.40. The fourth-order valence-electron chi connectivity index (χ4n) is 4.84. The zero-order chi connectivity index (χ0) is 25.6. The molecule has 1 aliphatic rings. The number of piperidine rings is 1. The van der Waals surface area contributed by atoms with Crippen molar-refractivity contribution in [3.05, 3.63) is 96.1 Å². The molecule has 188 valence electrons. The smallest absolute Gasteiger partial charge is 0.262 e. The van der Waals surface area contributed by atoms with Gasteiger partial charge in [-0.3, -0.25) is 9.59 Å². The molecule has 0 radical (unpaired) electrons. The highest BCUT2D eigenvalue weighted by Crippen LogP contribution is 2.29. The van der Waals surface area contributed by atoms with Gasteiger partial charge in [-0.25, -0.2) is 4.98 Å². The monoisotopic (exact) mass is 493 g/mol. The maximum absolute atomic E-state index is 12.5. The van der Waals surface area contributed by atoms with E-state index in [4.69, 9.17) is 9.72 Å². The number of rotatable bonds is 8.